The Hall–Kier alpha value is -0.910. The van der Waals surface area contributed by atoms with E-state index in [1.165, 1.54) is 0 Å². The van der Waals surface area contributed by atoms with E-state index < -0.39 is 10.0 Å². The summed E-state index contributed by atoms with van der Waals surface area (Å²) in [5, 5.41) is 9.30. The Labute approximate surface area is 127 Å². The fourth-order valence-electron chi connectivity index (χ4n) is 2.95. The minimum absolute atomic E-state index is 0.0180. The number of hydrogen-bond donors (Lipinski definition) is 2. The molecule has 1 atom stereocenters. The largest absolute Gasteiger partial charge is 0.392 e. The molecule has 1 saturated carbocycles. The zero-order chi connectivity index (χ0) is 15.7. The molecule has 1 aliphatic carbocycles. The summed E-state index contributed by atoms with van der Waals surface area (Å²) in [5.74, 6) is 0. The van der Waals surface area contributed by atoms with Crippen molar-refractivity contribution in [3.05, 3.63) is 29.3 Å². The third-order valence-electron chi connectivity index (χ3n) is 4.61. The molecular formula is C16H25NO3S. The lowest BCUT2D eigenvalue weighted by molar-refractivity contribution is 0.188. The van der Waals surface area contributed by atoms with Crippen molar-refractivity contribution < 1.29 is 13.5 Å². The summed E-state index contributed by atoms with van der Waals surface area (Å²) < 4.78 is 28.0. The number of aliphatic hydroxyl groups is 1. The van der Waals surface area contributed by atoms with E-state index in [2.05, 4.69) is 18.6 Å². The molecule has 4 nitrogen and oxygen atoms in total. The van der Waals surface area contributed by atoms with E-state index >= 15 is 0 Å². The Morgan fingerprint density at radius 3 is 2.67 bits per heavy atom. The predicted octanol–water partition coefficient (Wildman–Crippen LogP) is 2.73. The van der Waals surface area contributed by atoms with Gasteiger partial charge < -0.3 is 5.11 Å². The summed E-state index contributed by atoms with van der Waals surface area (Å²) in [6.45, 7) is 5.95. The Morgan fingerprint density at radius 1 is 1.33 bits per heavy atom. The van der Waals surface area contributed by atoms with Gasteiger partial charge in [-0.05, 0) is 48.4 Å². The second-order valence-electron chi connectivity index (χ2n) is 6.65. The van der Waals surface area contributed by atoms with Crippen LogP contribution in [0.3, 0.4) is 0 Å². The SMILES string of the molecule is Cc1ccc(S(=O)(=O)NC2CCCCC2(C)C)cc1CO. The van der Waals surface area contributed by atoms with Gasteiger partial charge >= 0.3 is 0 Å². The Balaban J connectivity index is 2.26. The highest BCUT2D eigenvalue weighted by atomic mass is 32.2. The van der Waals surface area contributed by atoms with Crippen molar-refractivity contribution in [1.82, 2.24) is 4.72 Å². The Kier molecular flexibility index (Phi) is 4.76. The van der Waals surface area contributed by atoms with Crippen LogP contribution >= 0.6 is 0 Å². The van der Waals surface area contributed by atoms with Gasteiger partial charge in [0.15, 0.2) is 0 Å². The summed E-state index contributed by atoms with van der Waals surface area (Å²) in [6, 6.07) is 4.88. The van der Waals surface area contributed by atoms with Gasteiger partial charge in [0.05, 0.1) is 11.5 Å². The van der Waals surface area contributed by atoms with E-state index in [4.69, 9.17) is 0 Å². The van der Waals surface area contributed by atoms with Crippen molar-refractivity contribution >= 4 is 10.0 Å². The van der Waals surface area contributed by atoms with Crippen molar-refractivity contribution in [3.8, 4) is 0 Å². The van der Waals surface area contributed by atoms with Crippen molar-refractivity contribution in [2.75, 3.05) is 0 Å². The molecule has 0 radical (unpaired) electrons. The van der Waals surface area contributed by atoms with Crippen molar-refractivity contribution in [1.29, 1.82) is 0 Å². The number of hydrogen-bond acceptors (Lipinski definition) is 3. The number of aliphatic hydroxyl groups excluding tert-OH is 1. The van der Waals surface area contributed by atoms with Crippen LogP contribution in [0.25, 0.3) is 0 Å². The maximum atomic E-state index is 12.6. The highest BCUT2D eigenvalue weighted by Crippen LogP contribution is 2.36. The van der Waals surface area contributed by atoms with Gasteiger partial charge in [-0.15, -0.1) is 0 Å². The van der Waals surface area contributed by atoms with Crippen molar-refractivity contribution in [2.24, 2.45) is 5.41 Å². The van der Waals surface area contributed by atoms with Crippen LogP contribution in [0.4, 0.5) is 0 Å². The summed E-state index contributed by atoms with van der Waals surface area (Å²) in [7, 11) is -3.54. The summed E-state index contributed by atoms with van der Waals surface area (Å²) in [6.07, 6.45) is 4.14. The molecule has 1 aromatic rings. The van der Waals surface area contributed by atoms with Gasteiger partial charge in [-0.3, -0.25) is 0 Å². The molecule has 2 N–H and O–H groups in total. The first-order valence-corrected chi connectivity index (χ1v) is 8.97. The van der Waals surface area contributed by atoms with Crippen molar-refractivity contribution in [3.63, 3.8) is 0 Å². The summed E-state index contributed by atoms with van der Waals surface area (Å²) in [4.78, 5) is 0.235. The van der Waals surface area contributed by atoms with E-state index in [-0.39, 0.29) is 23.0 Å². The first-order chi connectivity index (χ1) is 9.76. The Bertz CT molecular complexity index is 608. The maximum Gasteiger partial charge on any atom is 0.240 e. The van der Waals surface area contributed by atoms with Crippen LogP contribution in [0.5, 0.6) is 0 Å². The second-order valence-corrected chi connectivity index (χ2v) is 8.37. The second kappa shape index (κ2) is 6.07. The average Bonchev–Trinajstić information content (AvgIpc) is 2.41. The van der Waals surface area contributed by atoms with Gasteiger partial charge in [-0.25, -0.2) is 13.1 Å². The molecule has 1 unspecified atom stereocenters. The number of rotatable bonds is 4. The van der Waals surface area contributed by atoms with Crippen LogP contribution < -0.4 is 4.72 Å². The van der Waals surface area contributed by atoms with Crippen LogP contribution in [0, 0.1) is 12.3 Å². The van der Waals surface area contributed by atoms with Crippen LogP contribution in [-0.2, 0) is 16.6 Å². The number of benzene rings is 1. The van der Waals surface area contributed by atoms with Crippen LogP contribution in [0.1, 0.15) is 50.7 Å². The molecule has 118 valence electrons. The maximum absolute atomic E-state index is 12.6. The molecule has 0 amide bonds. The molecule has 1 aliphatic rings. The third-order valence-corrected chi connectivity index (χ3v) is 6.08. The normalized spacial score (nSPS) is 22.2. The lowest BCUT2D eigenvalue weighted by Gasteiger charge is -2.38. The molecule has 0 heterocycles. The average molecular weight is 311 g/mol. The van der Waals surface area contributed by atoms with Gasteiger partial charge in [0.1, 0.15) is 0 Å². The topological polar surface area (TPSA) is 66.4 Å². The molecule has 0 bridgehead atoms. The van der Waals surface area contributed by atoms with Crippen LogP contribution in [-0.4, -0.2) is 19.6 Å². The van der Waals surface area contributed by atoms with E-state index in [1.807, 2.05) is 6.92 Å². The van der Waals surface area contributed by atoms with E-state index in [0.29, 0.717) is 5.56 Å². The molecule has 1 aromatic carbocycles. The number of sulfonamides is 1. The molecule has 5 heteroatoms. The first kappa shape index (κ1) is 16.5. The summed E-state index contributed by atoms with van der Waals surface area (Å²) >= 11 is 0. The zero-order valence-corrected chi connectivity index (χ0v) is 13.8. The molecule has 0 saturated heterocycles. The minimum Gasteiger partial charge on any atom is -0.392 e. The number of aryl methyl sites for hydroxylation is 1. The monoisotopic (exact) mass is 311 g/mol. The Morgan fingerprint density at radius 2 is 2.05 bits per heavy atom. The molecule has 1 fully saturated rings. The quantitative estimate of drug-likeness (QED) is 0.898. The van der Waals surface area contributed by atoms with Crippen LogP contribution in [0.2, 0.25) is 0 Å². The fourth-order valence-corrected chi connectivity index (χ4v) is 4.45. The highest BCUT2D eigenvalue weighted by molar-refractivity contribution is 7.89. The zero-order valence-electron chi connectivity index (χ0n) is 13.0. The molecule has 0 aromatic heterocycles. The lowest BCUT2D eigenvalue weighted by Crippen LogP contribution is -2.46. The van der Waals surface area contributed by atoms with Gasteiger partial charge in [0, 0.05) is 6.04 Å². The lowest BCUT2D eigenvalue weighted by atomic mass is 9.74. The molecular weight excluding hydrogens is 286 g/mol. The van der Waals surface area contributed by atoms with Gasteiger partial charge in [-0.1, -0.05) is 32.8 Å². The fraction of sp³-hybridized carbons (Fsp3) is 0.625. The smallest absolute Gasteiger partial charge is 0.240 e. The van der Waals surface area contributed by atoms with Gasteiger partial charge in [-0.2, -0.15) is 0 Å². The van der Waals surface area contributed by atoms with Gasteiger partial charge in [0.2, 0.25) is 10.0 Å². The molecule has 21 heavy (non-hydrogen) atoms. The molecule has 0 aliphatic heterocycles. The first-order valence-electron chi connectivity index (χ1n) is 7.49. The van der Waals surface area contributed by atoms with E-state index in [9.17, 15) is 13.5 Å². The molecule has 2 rings (SSSR count). The minimum atomic E-state index is -3.54. The van der Waals surface area contributed by atoms with Gasteiger partial charge in [0.25, 0.3) is 0 Å². The predicted molar refractivity (Wildman–Crippen MR) is 83.5 cm³/mol. The highest BCUT2D eigenvalue weighted by Gasteiger charge is 2.35. The number of nitrogens with one attached hydrogen (secondary N) is 1. The summed E-state index contributed by atoms with van der Waals surface area (Å²) in [5.41, 5.74) is 1.53. The third kappa shape index (κ3) is 3.65. The van der Waals surface area contributed by atoms with Crippen molar-refractivity contribution in [2.45, 2.75) is 64.0 Å². The van der Waals surface area contributed by atoms with E-state index in [1.54, 1.807) is 18.2 Å². The molecule has 0 spiro atoms. The standard InChI is InChI=1S/C16H25NO3S/c1-12-7-8-14(10-13(12)11-18)21(19,20)17-15-6-4-5-9-16(15,2)3/h7-8,10,15,17-18H,4-6,9,11H2,1-3H3. The van der Waals surface area contributed by atoms with E-state index in [0.717, 1.165) is 31.2 Å². The van der Waals surface area contributed by atoms with Crippen LogP contribution in [0.15, 0.2) is 23.1 Å².